The fraction of sp³-hybridized carbons (Fsp3) is 0.250. The van der Waals surface area contributed by atoms with E-state index in [9.17, 15) is 9.90 Å². The van der Waals surface area contributed by atoms with Crippen LogP contribution in [0.25, 0.3) is 0 Å². The van der Waals surface area contributed by atoms with E-state index in [1.807, 2.05) is 24.3 Å². The highest BCUT2D eigenvalue weighted by molar-refractivity contribution is 5.94. The molecule has 0 saturated carbocycles. The third-order valence-corrected chi connectivity index (χ3v) is 5.17. The number of pyridine rings is 1. The molecular weight excluding hydrogens is 392 g/mol. The molecule has 31 heavy (non-hydrogen) atoms. The molecule has 0 spiro atoms. The average molecular weight is 418 g/mol. The molecule has 1 aromatic heterocycles. The van der Waals surface area contributed by atoms with Gasteiger partial charge in [0.25, 0.3) is 5.91 Å². The molecule has 0 bridgehead atoms. The highest BCUT2D eigenvalue weighted by atomic mass is 16.5. The maximum absolute atomic E-state index is 12.5. The van der Waals surface area contributed by atoms with E-state index in [2.05, 4.69) is 32.7 Å². The number of phenols is 1. The number of aromatic hydroxyl groups is 1. The minimum Gasteiger partial charge on any atom is -0.508 e. The SMILES string of the molecule is O=C(NCCc1ccc(O)cc1)c1ccnc(Nc2ccc(N3CCOCC3)cc2)c1. The second-order valence-electron chi connectivity index (χ2n) is 7.37. The highest BCUT2D eigenvalue weighted by Crippen LogP contribution is 2.21. The lowest BCUT2D eigenvalue weighted by molar-refractivity contribution is 0.0954. The second-order valence-corrected chi connectivity index (χ2v) is 7.37. The van der Waals surface area contributed by atoms with E-state index in [0.29, 0.717) is 24.3 Å². The van der Waals surface area contributed by atoms with Crippen LogP contribution in [0.15, 0.2) is 66.9 Å². The Kier molecular flexibility index (Phi) is 6.64. The van der Waals surface area contributed by atoms with Crippen LogP contribution in [0.4, 0.5) is 17.2 Å². The van der Waals surface area contributed by atoms with Gasteiger partial charge < -0.3 is 25.4 Å². The van der Waals surface area contributed by atoms with Gasteiger partial charge in [-0.15, -0.1) is 0 Å². The molecule has 0 radical (unpaired) electrons. The number of hydrogen-bond acceptors (Lipinski definition) is 6. The molecule has 0 atom stereocenters. The summed E-state index contributed by atoms with van der Waals surface area (Å²) in [7, 11) is 0. The number of phenolic OH excluding ortho intramolecular Hbond substituents is 1. The summed E-state index contributed by atoms with van der Waals surface area (Å²) in [4.78, 5) is 19.1. The van der Waals surface area contributed by atoms with Crippen molar-refractivity contribution in [1.82, 2.24) is 10.3 Å². The Morgan fingerprint density at radius 3 is 2.52 bits per heavy atom. The lowest BCUT2D eigenvalue weighted by Crippen LogP contribution is -2.36. The quantitative estimate of drug-likeness (QED) is 0.546. The number of hydrogen-bond donors (Lipinski definition) is 3. The number of aromatic nitrogens is 1. The average Bonchev–Trinajstić information content (AvgIpc) is 2.81. The maximum atomic E-state index is 12.5. The zero-order valence-corrected chi connectivity index (χ0v) is 17.3. The number of amides is 1. The number of morpholine rings is 1. The van der Waals surface area contributed by atoms with Crippen molar-refractivity contribution in [3.05, 3.63) is 78.0 Å². The van der Waals surface area contributed by atoms with E-state index in [1.54, 1.807) is 30.5 Å². The molecule has 3 aromatic rings. The third-order valence-electron chi connectivity index (χ3n) is 5.17. The molecule has 2 aromatic carbocycles. The fourth-order valence-corrected chi connectivity index (χ4v) is 3.45. The largest absolute Gasteiger partial charge is 0.508 e. The predicted molar refractivity (Wildman–Crippen MR) is 121 cm³/mol. The number of carbonyl (C=O) groups is 1. The standard InChI is InChI=1S/C24H26N4O3/c29-22-7-1-18(2-8-22)9-11-26-24(30)19-10-12-25-23(17-19)27-20-3-5-21(6-4-20)28-13-15-31-16-14-28/h1-8,10,12,17,29H,9,11,13-16H2,(H,25,27)(H,26,30). The maximum Gasteiger partial charge on any atom is 0.251 e. The summed E-state index contributed by atoms with van der Waals surface area (Å²) >= 11 is 0. The molecule has 7 heteroatoms. The van der Waals surface area contributed by atoms with Crippen LogP contribution in [0.1, 0.15) is 15.9 Å². The Bertz CT molecular complexity index is 1000. The van der Waals surface area contributed by atoms with Crippen LogP contribution in [0.2, 0.25) is 0 Å². The number of nitrogens with one attached hydrogen (secondary N) is 2. The van der Waals surface area contributed by atoms with Crippen molar-refractivity contribution >= 4 is 23.1 Å². The molecule has 1 aliphatic heterocycles. The topological polar surface area (TPSA) is 86.7 Å². The molecule has 3 N–H and O–H groups in total. The van der Waals surface area contributed by atoms with Crippen LogP contribution in [-0.4, -0.2) is 48.8 Å². The first-order valence-electron chi connectivity index (χ1n) is 10.4. The van der Waals surface area contributed by atoms with Crippen LogP contribution in [0, 0.1) is 0 Å². The fourth-order valence-electron chi connectivity index (χ4n) is 3.45. The smallest absolute Gasteiger partial charge is 0.251 e. The molecule has 2 heterocycles. The first-order chi connectivity index (χ1) is 15.2. The van der Waals surface area contributed by atoms with Crippen LogP contribution in [0.3, 0.4) is 0 Å². The predicted octanol–water partition coefficient (Wildman–Crippen LogP) is 3.34. The Balaban J connectivity index is 1.32. The summed E-state index contributed by atoms with van der Waals surface area (Å²) in [6, 6.07) is 18.6. The summed E-state index contributed by atoms with van der Waals surface area (Å²) in [6.45, 7) is 3.83. The van der Waals surface area contributed by atoms with E-state index in [1.165, 1.54) is 5.69 Å². The number of rotatable bonds is 7. The molecule has 0 aliphatic carbocycles. The van der Waals surface area contributed by atoms with Gasteiger partial charge >= 0.3 is 0 Å². The van der Waals surface area contributed by atoms with Crippen molar-refractivity contribution in [2.75, 3.05) is 43.1 Å². The number of benzene rings is 2. The van der Waals surface area contributed by atoms with Gasteiger partial charge in [-0.2, -0.15) is 0 Å². The number of carbonyl (C=O) groups excluding carboxylic acids is 1. The number of anilines is 3. The van der Waals surface area contributed by atoms with Crippen molar-refractivity contribution in [3.8, 4) is 5.75 Å². The molecule has 4 rings (SSSR count). The van der Waals surface area contributed by atoms with Crippen molar-refractivity contribution in [1.29, 1.82) is 0 Å². The summed E-state index contributed by atoms with van der Waals surface area (Å²) in [5, 5.41) is 15.5. The van der Waals surface area contributed by atoms with E-state index in [-0.39, 0.29) is 11.7 Å². The zero-order chi connectivity index (χ0) is 21.5. The highest BCUT2D eigenvalue weighted by Gasteiger charge is 2.11. The summed E-state index contributed by atoms with van der Waals surface area (Å²) in [5.74, 6) is 0.706. The monoisotopic (exact) mass is 418 g/mol. The van der Waals surface area contributed by atoms with Gasteiger partial charge in [0.15, 0.2) is 0 Å². The molecule has 0 unspecified atom stereocenters. The summed E-state index contributed by atoms with van der Waals surface area (Å²) in [5.41, 5.74) is 3.68. The number of nitrogens with zero attached hydrogens (tertiary/aromatic N) is 2. The van der Waals surface area contributed by atoms with Gasteiger partial charge in [-0.1, -0.05) is 12.1 Å². The first kappa shape index (κ1) is 20.7. The summed E-state index contributed by atoms with van der Waals surface area (Å²) in [6.07, 6.45) is 2.32. The molecule has 1 aliphatic rings. The number of ether oxygens (including phenoxy) is 1. The van der Waals surface area contributed by atoms with Crippen LogP contribution in [-0.2, 0) is 11.2 Å². The van der Waals surface area contributed by atoms with Gasteiger partial charge in [0.2, 0.25) is 0 Å². The van der Waals surface area contributed by atoms with Crippen molar-refractivity contribution in [3.63, 3.8) is 0 Å². The Morgan fingerprint density at radius 1 is 1.03 bits per heavy atom. The van der Waals surface area contributed by atoms with Crippen LogP contribution in [0.5, 0.6) is 5.75 Å². The zero-order valence-electron chi connectivity index (χ0n) is 17.3. The lowest BCUT2D eigenvalue weighted by atomic mass is 10.1. The van der Waals surface area contributed by atoms with Gasteiger partial charge in [-0.25, -0.2) is 4.98 Å². The lowest BCUT2D eigenvalue weighted by Gasteiger charge is -2.28. The molecule has 1 fully saturated rings. The Labute approximate surface area is 181 Å². The summed E-state index contributed by atoms with van der Waals surface area (Å²) < 4.78 is 5.40. The molecule has 1 saturated heterocycles. The van der Waals surface area contributed by atoms with Gasteiger partial charge in [0.05, 0.1) is 13.2 Å². The van der Waals surface area contributed by atoms with Crippen molar-refractivity contribution < 1.29 is 14.6 Å². The Hall–Kier alpha value is -3.58. The third kappa shape index (κ3) is 5.73. The molecular formula is C24H26N4O3. The minimum atomic E-state index is -0.146. The van der Waals surface area contributed by atoms with E-state index >= 15 is 0 Å². The second kappa shape index (κ2) is 9.95. The molecule has 1 amide bonds. The van der Waals surface area contributed by atoms with Gasteiger partial charge in [-0.05, 0) is 60.5 Å². The Morgan fingerprint density at radius 2 is 1.77 bits per heavy atom. The van der Waals surface area contributed by atoms with Gasteiger partial charge in [0.1, 0.15) is 11.6 Å². The molecule has 160 valence electrons. The van der Waals surface area contributed by atoms with Crippen LogP contribution >= 0.6 is 0 Å². The van der Waals surface area contributed by atoms with E-state index in [4.69, 9.17) is 4.74 Å². The van der Waals surface area contributed by atoms with Gasteiger partial charge in [-0.3, -0.25) is 4.79 Å². The van der Waals surface area contributed by atoms with Crippen LogP contribution < -0.4 is 15.5 Å². The normalized spacial score (nSPS) is 13.6. The van der Waals surface area contributed by atoms with Crippen molar-refractivity contribution in [2.45, 2.75) is 6.42 Å². The van der Waals surface area contributed by atoms with E-state index < -0.39 is 0 Å². The van der Waals surface area contributed by atoms with Crippen molar-refractivity contribution in [2.24, 2.45) is 0 Å². The van der Waals surface area contributed by atoms with E-state index in [0.717, 1.165) is 37.6 Å². The first-order valence-corrected chi connectivity index (χ1v) is 10.4. The van der Waals surface area contributed by atoms with Gasteiger partial charge in [0, 0.05) is 42.8 Å². The minimum absolute atomic E-state index is 0.146. The molecule has 7 nitrogen and oxygen atoms in total.